The van der Waals surface area contributed by atoms with Crippen LogP contribution < -0.4 is 0 Å². The van der Waals surface area contributed by atoms with Gasteiger partial charge in [-0.05, 0) is 20.3 Å². The fraction of sp³-hybridized carbons (Fsp3) is 0.714. The quantitative estimate of drug-likeness (QED) is 0.738. The van der Waals surface area contributed by atoms with Gasteiger partial charge in [-0.2, -0.15) is 5.10 Å². The Labute approximate surface area is 124 Å². The van der Waals surface area contributed by atoms with Crippen LogP contribution in [0.2, 0.25) is 0 Å². The zero-order chi connectivity index (χ0) is 14.7. The number of aromatic nitrogens is 4. The van der Waals surface area contributed by atoms with Crippen molar-refractivity contribution in [1.29, 1.82) is 0 Å². The lowest BCUT2D eigenvalue weighted by molar-refractivity contribution is 0.0641. The molecule has 0 aliphatic rings. The monoisotopic (exact) mass is 298 g/mol. The molecular formula is C14H23ClN4O. The summed E-state index contributed by atoms with van der Waals surface area (Å²) in [5, 5.41) is 4.58. The third kappa shape index (κ3) is 2.83. The molecule has 2 aromatic heterocycles. The van der Waals surface area contributed by atoms with E-state index in [0.29, 0.717) is 12.5 Å². The summed E-state index contributed by atoms with van der Waals surface area (Å²) in [6.07, 6.45) is 2.13. The Morgan fingerprint density at radius 2 is 2.10 bits per heavy atom. The minimum atomic E-state index is 0.129. The summed E-state index contributed by atoms with van der Waals surface area (Å²) in [6, 6.07) is 0. The molecule has 2 heterocycles. The molecule has 112 valence electrons. The average Bonchev–Trinajstić information content (AvgIpc) is 2.90. The van der Waals surface area contributed by atoms with Gasteiger partial charge in [0.05, 0.1) is 24.2 Å². The van der Waals surface area contributed by atoms with Crippen LogP contribution in [-0.4, -0.2) is 32.0 Å². The van der Waals surface area contributed by atoms with Crippen molar-refractivity contribution in [1.82, 2.24) is 19.3 Å². The number of alkyl halides is 1. The molecule has 0 saturated heterocycles. The molecule has 0 saturated carbocycles. The van der Waals surface area contributed by atoms with Crippen molar-refractivity contribution >= 4 is 22.8 Å². The Bertz CT molecular complexity index is 575. The van der Waals surface area contributed by atoms with Crippen LogP contribution >= 0.6 is 11.6 Å². The second kappa shape index (κ2) is 6.59. The van der Waals surface area contributed by atoms with Crippen LogP contribution in [0.1, 0.15) is 38.7 Å². The van der Waals surface area contributed by atoms with Gasteiger partial charge in [-0.25, -0.2) is 4.98 Å². The van der Waals surface area contributed by atoms with E-state index < -0.39 is 0 Å². The van der Waals surface area contributed by atoms with E-state index in [1.165, 1.54) is 0 Å². The Hall–Kier alpha value is -1.07. The third-order valence-corrected chi connectivity index (χ3v) is 3.61. The Kier molecular flexibility index (Phi) is 5.05. The van der Waals surface area contributed by atoms with E-state index in [2.05, 4.69) is 28.5 Å². The molecule has 6 heteroatoms. The highest BCUT2D eigenvalue weighted by Crippen LogP contribution is 2.22. The van der Waals surface area contributed by atoms with E-state index in [1.807, 2.05) is 18.7 Å². The van der Waals surface area contributed by atoms with Gasteiger partial charge in [0.2, 0.25) is 0 Å². The fourth-order valence-electron chi connectivity index (χ4n) is 2.58. The highest BCUT2D eigenvalue weighted by Gasteiger charge is 2.19. The molecule has 0 spiro atoms. The number of rotatable bonds is 7. The Morgan fingerprint density at radius 1 is 1.35 bits per heavy atom. The molecule has 0 amide bonds. The maximum atomic E-state index is 6.05. The SMILES string of the molecule is CCCc1nn(C)c2c1nc(CCl)n2CC(C)OCC. The first kappa shape index (κ1) is 15.3. The molecule has 0 bridgehead atoms. The number of aryl methyl sites for hydroxylation is 2. The number of hydrogen-bond acceptors (Lipinski definition) is 3. The Balaban J connectivity index is 2.45. The molecule has 1 atom stereocenters. The van der Waals surface area contributed by atoms with Gasteiger partial charge in [-0.3, -0.25) is 4.68 Å². The number of fused-ring (bicyclic) bond motifs is 1. The third-order valence-electron chi connectivity index (χ3n) is 3.37. The predicted octanol–water partition coefficient (Wildman–Crippen LogP) is 2.89. The van der Waals surface area contributed by atoms with Crippen molar-refractivity contribution in [2.24, 2.45) is 7.05 Å². The number of hydrogen-bond donors (Lipinski definition) is 0. The lowest BCUT2D eigenvalue weighted by Crippen LogP contribution is -2.19. The topological polar surface area (TPSA) is 44.9 Å². The molecule has 0 radical (unpaired) electrons. The summed E-state index contributed by atoms with van der Waals surface area (Å²) < 4.78 is 9.67. The largest absolute Gasteiger partial charge is 0.377 e. The first-order valence-corrected chi connectivity index (χ1v) is 7.74. The lowest BCUT2D eigenvalue weighted by atomic mass is 10.2. The first-order valence-electron chi connectivity index (χ1n) is 7.20. The smallest absolute Gasteiger partial charge is 0.158 e. The minimum Gasteiger partial charge on any atom is -0.377 e. The average molecular weight is 299 g/mol. The van der Waals surface area contributed by atoms with Gasteiger partial charge < -0.3 is 9.30 Å². The van der Waals surface area contributed by atoms with Crippen molar-refractivity contribution in [2.75, 3.05) is 6.61 Å². The summed E-state index contributed by atoms with van der Waals surface area (Å²) in [6.45, 7) is 7.68. The lowest BCUT2D eigenvalue weighted by Gasteiger charge is -2.14. The summed E-state index contributed by atoms with van der Waals surface area (Å²) in [5.41, 5.74) is 3.07. The normalized spacial score (nSPS) is 13.2. The molecule has 0 aliphatic heterocycles. The zero-order valence-electron chi connectivity index (χ0n) is 12.7. The molecule has 20 heavy (non-hydrogen) atoms. The van der Waals surface area contributed by atoms with Crippen LogP contribution in [0.3, 0.4) is 0 Å². The van der Waals surface area contributed by atoms with Gasteiger partial charge in [-0.1, -0.05) is 13.3 Å². The molecular weight excluding hydrogens is 276 g/mol. The van der Waals surface area contributed by atoms with Crippen LogP contribution in [0.4, 0.5) is 0 Å². The summed E-state index contributed by atoms with van der Waals surface area (Å²) >= 11 is 6.05. The molecule has 0 aliphatic carbocycles. The highest BCUT2D eigenvalue weighted by atomic mass is 35.5. The van der Waals surface area contributed by atoms with E-state index in [-0.39, 0.29) is 6.10 Å². The van der Waals surface area contributed by atoms with Crippen LogP contribution in [-0.2, 0) is 30.6 Å². The van der Waals surface area contributed by atoms with Crippen molar-refractivity contribution in [3.8, 4) is 0 Å². The summed E-state index contributed by atoms with van der Waals surface area (Å²) in [7, 11) is 1.96. The highest BCUT2D eigenvalue weighted by molar-refractivity contribution is 6.16. The number of ether oxygens (including phenoxy) is 1. The molecule has 2 rings (SSSR count). The summed E-state index contributed by atoms with van der Waals surface area (Å²) in [5.74, 6) is 1.29. The standard InChI is InChI=1S/C14H23ClN4O/c1-5-7-11-13-14(18(4)17-11)19(12(8-15)16-13)9-10(3)20-6-2/h10H,5-9H2,1-4H3. The molecule has 2 aromatic rings. The van der Waals surface area contributed by atoms with Gasteiger partial charge in [0, 0.05) is 13.7 Å². The Morgan fingerprint density at radius 3 is 2.70 bits per heavy atom. The first-order chi connectivity index (χ1) is 9.62. The molecule has 0 fully saturated rings. The van der Waals surface area contributed by atoms with E-state index in [1.54, 1.807) is 0 Å². The maximum Gasteiger partial charge on any atom is 0.158 e. The zero-order valence-corrected chi connectivity index (χ0v) is 13.4. The van der Waals surface area contributed by atoms with Crippen molar-refractivity contribution in [3.63, 3.8) is 0 Å². The molecule has 0 aromatic carbocycles. The molecule has 5 nitrogen and oxygen atoms in total. The van der Waals surface area contributed by atoms with Gasteiger partial charge in [0.15, 0.2) is 5.65 Å². The van der Waals surface area contributed by atoms with E-state index >= 15 is 0 Å². The number of nitrogens with zero attached hydrogens (tertiary/aromatic N) is 4. The van der Waals surface area contributed by atoms with Gasteiger partial charge >= 0.3 is 0 Å². The van der Waals surface area contributed by atoms with E-state index in [9.17, 15) is 0 Å². The number of imidazole rings is 1. The van der Waals surface area contributed by atoms with E-state index in [4.69, 9.17) is 16.3 Å². The van der Waals surface area contributed by atoms with E-state index in [0.717, 1.165) is 42.1 Å². The van der Waals surface area contributed by atoms with Gasteiger partial charge in [0.1, 0.15) is 11.3 Å². The van der Waals surface area contributed by atoms with Crippen LogP contribution in [0.25, 0.3) is 11.2 Å². The van der Waals surface area contributed by atoms with Crippen LogP contribution in [0, 0.1) is 0 Å². The van der Waals surface area contributed by atoms with Gasteiger partial charge in [-0.15, -0.1) is 11.6 Å². The second-order valence-corrected chi connectivity index (χ2v) is 5.30. The summed E-state index contributed by atoms with van der Waals surface area (Å²) in [4.78, 5) is 4.68. The van der Waals surface area contributed by atoms with Crippen molar-refractivity contribution in [3.05, 3.63) is 11.5 Å². The fourth-order valence-corrected chi connectivity index (χ4v) is 2.78. The van der Waals surface area contributed by atoms with Crippen LogP contribution in [0.5, 0.6) is 0 Å². The van der Waals surface area contributed by atoms with Crippen molar-refractivity contribution in [2.45, 2.75) is 52.1 Å². The maximum absolute atomic E-state index is 6.05. The second-order valence-electron chi connectivity index (χ2n) is 5.03. The molecule has 0 N–H and O–H groups in total. The number of halogens is 1. The minimum absolute atomic E-state index is 0.129. The predicted molar refractivity (Wildman–Crippen MR) is 81.1 cm³/mol. The van der Waals surface area contributed by atoms with Crippen LogP contribution in [0.15, 0.2) is 0 Å². The van der Waals surface area contributed by atoms with Gasteiger partial charge in [0.25, 0.3) is 0 Å². The van der Waals surface area contributed by atoms with Crippen molar-refractivity contribution < 1.29 is 4.74 Å². The molecule has 1 unspecified atom stereocenters.